The summed E-state index contributed by atoms with van der Waals surface area (Å²) < 4.78 is 30.4. The molecule has 208 valence electrons. The summed E-state index contributed by atoms with van der Waals surface area (Å²) in [6, 6.07) is 0. The van der Waals surface area contributed by atoms with Gasteiger partial charge in [0.15, 0.2) is 21.1 Å². The molecule has 1 saturated heterocycles. The minimum atomic E-state index is -1.60. The van der Waals surface area contributed by atoms with Crippen molar-refractivity contribution in [1.29, 1.82) is 0 Å². The molecule has 1 N–H and O–H groups in total. The summed E-state index contributed by atoms with van der Waals surface area (Å²) >= 11 is 0. The van der Waals surface area contributed by atoms with Gasteiger partial charge in [0.2, 0.25) is 0 Å². The summed E-state index contributed by atoms with van der Waals surface area (Å²) in [5, 5.41) is 12.8. The van der Waals surface area contributed by atoms with Crippen LogP contribution in [0.3, 0.4) is 0 Å². The SMILES string of the molecule is COC1C(=O)[C@]2(C)C(O[SiH2]C)CC3OC[C@@]3(OC(C)=O)C2C(OC(C)=O)C2(O)CC(C)C(C)=C1C2(C)C. The van der Waals surface area contributed by atoms with Crippen molar-refractivity contribution in [2.75, 3.05) is 13.7 Å². The monoisotopic (exact) mass is 538 g/mol. The van der Waals surface area contributed by atoms with E-state index in [9.17, 15) is 19.5 Å². The van der Waals surface area contributed by atoms with Gasteiger partial charge in [0.05, 0.1) is 24.0 Å². The molecule has 10 heteroatoms. The molecular formula is C27H42O9Si. The Bertz CT molecular complexity index is 1020. The Morgan fingerprint density at radius 3 is 2.30 bits per heavy atom. The highest BCUT2D eigenvalue weighted by Crippen LogP contribution is 2.65. The molecule has 0 spiro atoms. The van der Waals surface area contributed by atoms with Crippen molar-refractivity contribution in [1.82, 2.24) is 0 Å². The second-order valence-corrected chi connectivity index (χ2v) is 13.0. The molecule has 1 heterocycles. The number of Topliss-reactive ketones (excluding diaryl/α,β-unsaturated/α-hetero) is 1. The van der Waals surface area contributed by atoms with Gasteiger partial charge in [-0.15, -0.1) is 0 Å². The predicted octanol–water partition coefficient (Wildman–Crippen LogP) is 1.87. The molecule has 9 atom stereocenters. The molecule has 0 aromatic heterocycles. The first-order chi connectivity index (χ1) is 17.1. The fraction of sp³-hybridized carbons (Fsp3) is 0.815. The number of ketones is 1. The zero-order valence-electron chi connectivity index (χ0n) is 23.5. The Kier molecular flexibility index (Phi) is 7.11. The van der Waals surface area contributed by atoms with E-state index in [4.69, 9.17) is 23.4 Å². The summed E-state index contributed by atoms with van der Waals surface area (Å²) in [5.41, 5.74) is -3.50. The Hall–Kier alpha value is -1.59. The standard InChI is InChI=1S/C27H42O9Si/c1-13-11-27(31)23(34-15(3)28)21-25(7,22(30)20(32-8)19(14(13)2)24(27,5)6)17(36-37-9)10-18-26(21,12-33-18)35-16(4)29/h13,17-18,20-21,23,31H,10-12,37H2,1-9H3/t13?,17?,18?,20?,21?,23?,25-,26+,27?/m1/s1. The molecular weight excluding hydrogens is 496 g/mol. The first-order valence-corrected chi connectivity index (χ1v) is 15.2. The number of carbonyl (C=O) groups is 3. The highest BCUT2D eigenvalue weighted by molar-refractivity contribution is 6.25. The molecule has 1 aliphatic heterocycles. The number of aliphatic hydroxyl groups is 1. The van der Waals surface area contributed by atoms with Crippen LogP contribution < -0.4 is 0 Å². The topological polar surface area (TPSA) is 118 Å². The number of ether oxygens (including phenoxy) is 4. The number of allylic oxidation sites excluding steroid dienone is 1. The van der Waals surface area contributed by atoms with Crippen molar-refractivity contribution < 1.29 is 42.9 Å². The van der Waals surface area contributed by atoms with Gasteiger partial charge in [-0.1, -0.05) is 32.9 Å². The van der Waals surface area contributed by atoms with Crippen LogP contribution in [0.1, 0.15) is 61.3 Å². The minimum Gasteiger partial charge on any atom is -0.459 e. The molecule has 2 bridgehead atoms. The van der Waals surface area contributed by atoms with Crippen LogP contribution in [-0.4, -0.2) is 81.9 Å². The molecule has 0 aromatic rings. The van der Waals surface area contributed by atoms with Gasteiger partial charge in [-0.25, -0.2) is 0 Å². The average Bonchev–Trinajstić information content (AvgIpc) is 2.78. The summed E-state index contributed by atoms with van der Waals surface area (Å²) in [4.78, 5) is 40.0. The van der Waals surface area contributed by atoms with E-state index in [1.165, 1.54) is 21.0 Å². The van der Waals surface area contributed by atoms with Crippen LogP contribution in [0.5, 0.6) is 0 Å². The molecule has 0 radical (unpaired) electrons. The zero-order chi connectivity index (χ0) is 27.7. The van der Waals surface area contributed by atoms with Gasteiger partial charge >= 0.3 is 11.9 Å². The van der Waals surface area contributed by atoms with Crippen molar-refractivity contribution in [2.45, 2.75) is 103 Å². The Balaban J connectivity index is 2.11. The quantitative estimate of drug-likeness (QED) is 0.318. The van der Waals surface area contributed by atoms with Gasteiger partial charge in [-0.3, -0.25) is 14.4 Å². The normalized spacial score (nSPS) is 44.9. The van der Waals surface area contributed by atoms with Gasteiger partial charge in [0, 0.05) is 32.8 Å². The lowest BCUT2D eigenvalue weighted by Crippen LogP contribution is -2.81. The van der Waals surface area contributed by atoms with Crippen LogP contribution in [-0.2, 0) is 37.8 Å². The smallest absolute Gasteiger partial charge is 0.303 e. The lowest BCUT2D eigenvalue weighted by molar-refractivity contribution is -0.345. The van der Waals surface area contributed by atoms with Crippen molar-refractivity contribution >= 4 is 27.5 Å². The molecule has 3 fully saturated rings. The second-order valence-electron chi connectivity index (χ2n) is 12.0. The highest BCUT2D eigenvalue weighted by Gasteiger charge is 2.77. The van der Waals surface area contributed by atoms with Crippen molar-refractivity contribution in [3.8, 4) is 0 Å². The van der Waals surface area contributed by atoms with E-state index in [0.717, 1.165) is 5.57 Å². The molecule has 9 nitrogen and oxygen atoms in total. The molecule has 2 saturated carbocycles. The first kappa shape index (κ1) is 28.4. The third-order valence-corrected chi connectivity index (χ3v) is 10.6. The Labute approximate surface area is 221 Å². The number of rotatable bonds is 5. The van der Waals surface area contributed by atoms with Crippen LogP contribution in [0.2, 0.25) is 6.55 Å². The number of methoxy groups -OCH3 is 1. The lowest BCUT2D eigenvalue weighted by atomic mass is 9.44. The molecule has 0 aromatic carbocycles. The van der Waals surface area contributed by atoms with Crippen molar-refractivity contribution in [2.24, 2.45) is 22.7 Å². The summed E-state index contributed by atoms with van der Waals surface area (Å²) in [5.74, 6) is -2.37. The maximum absolute atomic E-state index is 14.8. The van der Waals surface area contributed by atoms with Crippen molar-refractivity contribution in [3.05, 3.63) is 11.1 Å². The van der Waals surface area contributed by atoms with Gasteiger partial charge in [-0.05, 0) is 31.8 Å². The summed E-state index contributed by atoms with van der Waals surface area (Å²) in [7, 11) is 0.517. The Morgan fingerprint density at radius 1 is 1.16 bits per heavy atom. The van der Waals surface area contributed by atoms with E-state index in [-0.39, 0.29) is 18.3 Å². The van der Waals surface area contributed by atoms with E-state index in [0.29, 0.717) is 18.4 Å². The number of hydrogen-bond donors (Lipinski definition) is 1. The maximum Gasteiger partial charge on any atom is 0.303 e. The van der Waals surface area contributed by atoms with Crippen LogP contribution in [0.25, 0.3) is 0 Å². The fourth-order valence-electron chi connectivity index (χ4n) is 7.95. The van der Waals surface area contributed by atoms with Gasteiger partial charge in [-0.2, -0.15) is 0 Å². The van der Waals surface area contributed by atoms with E-state index in [1.807, 2.05) is 34.2 Å². The van der Waals surface area contributed by atoms with Crippen LogP contribution in [0.15, 0.2) is 11.1 Å². The molecule has 0 amide bonds. The molecule has 4 aliphatic rings. The minimum absolute atomic E-state index is 0.0320. The highest BCUT2D eigenvalue weighted by atomic mass is 28.2. The molecule has 4 rings (SSSR count). The van der Waals surface area contributed by atoms with Crippen LogP contribution in [0, 0.1) is 22.7 Å². The molecule has 37 heavy (non-hydrogen) atoms. The van der Waals surface area contributed by atoms with E-state index in [2.05, 4.69) is 0 Å². The number of fused-ring (bicyclic) bond motifs is 5. The zero-order valence-corrected chi connectivity index (χ0v) is 24.9. The van der Waals surface area contributed by atoms with E-state index >= 15 is 0 Å². The van der Waals surface area contributed by atoms with Crippen molar-refractivity contribution in [3.63, 3.8) is 0 Å². The van der Waals surface area contributed by atoms with Gasteiger partial charge in [0.1, 0.15) is 23.9 Å². The molecule has 3 aliphatic carbocycles. The largest absolute Gasteiger partial charge is 0.459 e. The summed E-state index contributed by atoms with van der Waals surface area (Å²) in [6.45, 7) is 14.1. The van der Waals surface area contributed by atoms with E-state index in [1.54, 1.807) is 6.92 Å². The van der Waals surface area contributed by atoms with Crippen LogP contribution in [0.4, 0.5) is 0 Å². The average molecular weight is 539 g/mol. The summed E-state index contributed by atoms with van der Waals surface area (Å²) in [6.07, 6.45) is -2.64. The number of carbonyl (C=O) groups excluding carboxylic acids is 3. The number of hydrogen-bond acceptors (Lipinski definition) is 9. The van der Waals surface area contributed by atoms with E-state index < -0.39 is 74.1 Å². The number of esters is 2. The second kappa shape index (κ2) is 9.26. The molecule has 7 unspecified atom stereocenters. The van der Waals surface area contributed by atoms with Gasteiger partial charge < -0.3 is 28.5 Å². The Morgan fingerprint density at radius 2 is 1.81 bits per heavy atom. The third-order valence-electron chi connectivity index (χ3n) is 9.90. The maximum atomic E-state index is 14.8. The van der Waals surface area contributed by atoms with Gasteiger partial charge in [0.25, 0.3) is 0 Å². The lowest BCUT2D eigenvalue weighted by Gasteiger charge is -2.68. The first-order valence-electron chi connectivity index (χ1n) is 13.2. The van der Waals surface area contributed by atoms with Crippen LogP contribution >= 0.6 is 0 Å². The fourth-order valence-corrected chi connectivity index (χ4v) is 8.84. The third kappa shape index (κ3) is 3.73. The predicted molar refractivity (Wildman–Crippen MR) is 136 cm³/mol.